The normalized spacial score (nSPS) is 14.1. The Morgan fingerprint density at radius 2 is 1.87 bits per heavy atom. The highest BCUT2D eigenvalue weighted by Crippen LogP contribution is 2.19. The molecule has 2 aromatic rings. The number of likely N-dealkylation sites (tertiary alicyclic amines) is 1. The number of nitrogens with zero attached hydrogens (tertiary/aromatic N) is 2. The van der Waals surface area contributed by atoms with Crippen molar-refractivity contribution in [3.05, 3.63) is 65.2 Å². The minimum atomic E-state index is -3.60. The zero-order chi connectivity index (χ0) is 21.7. The average molecular weight is 430 g/mol. The van der Waals surface area contributed by atoms with Gasteiger partial charge >= 0.3 is 0 Å². The Morgan fingerprint density at radius 1 is 1.13 bits per heavy atom. The first-order chi connectivity index (χ1) is 14.2. The van der Waals surface area contributed by atoms with Gasteiger partial charge in [0.25, 0.3) is 0 Å². The molecule has 1 heterocycles. The summed E-state index contributed by atoms with van der Waals surface area (Å²) in [5, 5.41) is 2.79. The first-order valence-corrected chi connectivity index (χ1v) is 11.7. The van der Waals surface area contributed by atoms with Gasteiger partial charge in [-0.3, -0.25) is 13.9 Å². The van der Waals surface area contributed by atoms with Crippen molar-refractivity contribution in [1.82, 2.24) is 10.2 Å². The van der Waals surface area contributed by atoms with E-state index in [-0.39, 0.29) is 24.9 Å². The third-order valence-electron chi connectivity index (χ3n) is 5.00. The molecule has 3 rings (SSSR count). The Balaban J connectivity index is 1.62. The molecule has 0 saturated carbocycles. The predicted molar refractivity (Wildman–Crippen MR) is 116 cm³/mol. The van der Waals surface area contributed by atoms with Crippen LogP contribution in [0.3, 0.4) is 0 Å². The van der Waals surface area contributed by atoms with Crippen molar-refractivity contribution >= 4 is 27.5 Å². The van der Waals surface area contributed by atoms with E-state index in [2.05, 4.69) is 5.32 Å². The molecular weight excluding hydrogens is 402 g/mol. The van der Waals surface area contributed by atoms with Crippen LogP contribution in [0.2, 0.25) is 0 Å². The van der Waals surface area contributed by atoms with E-state index in [0.29, 0.717) is 18.7 Å². The van der Waals surface area contributed by atoms with Crippen molar-refractivity contribution in [1.29, 1.82) is 0 Å². The molecule has 1 aliphatic heterocycles. The van der Waals surface area contributed by atoms with Crippen molar-refractivity contribution < 1.29 is 18.0 Å². The van der Waals surface area contributed by atoms with E-state index in [4.69, 9.17) is 0 Å². The molecule has 7 nitrogen and oxygen atoms in total. The van der Waals surface area contributed by atoms with Gasteiger partial charge in [-0.25, -0.2) is 8.42 Å². The van der Waals surface area contributed by atoms with Gasteiger partial charge in [0, 0.05) is 26.1 Å². The van der Waals surface area contributed by atoms with Gasteiger partial charge in [0.15, 0.2) is 0 Å². The molecule has 160 valence electrons. The Morgan fingerprint density at radius 3 is 2.53 bits per heavy atom. The summed E-state index contributed by atoms with van der Waals surface area (Å²) in [6, 6.07) is 14.7. The lowest BCUT2D eigenvalue weighted by molar-refractivity contribution is -0.128. The van der Waals surface area contributed by atoms with E-state index in [1.807, 2.05) is 42.2 Å². The second kappa shape index (κ2) is 9.30. The van der Waals surface area contributed by atoms with Gasteiger partial charge in [-0.2, -0.15) is 0 Å². The van der Waals surface area contributed by atoms with Gasteiger partial charge in [-0.1, -0.05) is 36.4 Å². The molecule has 1 saturated heterocycles. The maximum Gasteiger partial charge on any atom is 0.241 e. The zero-order valence-electron chi connectivity index (χ0n) is 17.3. The maximum absolute atomic E-state index is 12.5. The second-order valence-electron chi connectivity index (χ2n) is 7.62. The number of benzene rings is 2. The number of hydrogen-bond acceptors (Lipinski definition) is 4. The SMILES string of the molecule is Cc1cccc(N(CC(=O)NCc2cccc(CN3CCCC3=O)c2)S(C)(=O)=O)c1. The summed E-state index contributed by atoms with van der Waals surface area (Å²) < 4.78 is 25.5. The van der Waals surface area contributed by atoms with Gasteiger partial charge in [-0.15, -0.1) is 0 Å². The third kappa shape index (κ3) is 5.82. The average Bonchev–Trinajstić information content (AvgIpc) is 3.08. The summed E-state index contributed by atoms with van der Waals surface area (Å²) in [6.45, 7) is 3.21. The number of anilines is 1. The van der Waals surface area contributed by atoms with Gasteiger partial charge in [0.1, 0.15) is 6.54 Å². The van der Waals surface area contributed by atoms with Crippen LogP contribution in [0.4, 0.5) is 5.69 Å². The Labute approximate surface area is 177 Å². The Hall–Kier alpha value is -2.87. The molecule has 1 N–H and O–H groups in total. The van der Waals surface area contributed by atoms with E-state index in [9.17, 15) is 18.0 Å². The van der Waals surface area contributed by atoms with Gasteiger partial charge in [0.2, 0.25) is 21.8 Å². The topological polar surface area (TPSA) is 86.8 Å². The monoisotopic (exact) mass is 429 g/mol. The molecule has 0 spiro atoms. The quantitative estimate of drug-likeness (QED) is 0.697. The molecule has 8 heteroatoms. The van der Waals surface area contributed by atoms with Crippen molar-refractivity contribution in [3.63, 3.8) is 0 Å². The largest absolute Gasteiger partial charge is 0.350 e. The van der Waals surface area contributed by atoms with Gasteiger partial charge < -0.3 is 10.2 Å². The number of sulfonamides is 1. The number of carbonyl (C=O) groups excluding carboxylic acids is 2. The molecule has 1 fully saturated rings. The Bertz CT molecular complexity index is 1040. The van der Waals surface area contributed by atoms with Crippen LogP contribution >= 0.6 is 0 Å². The van der Waals surface area contributed by atoms with Crippen molar-refractivity contribution in [3.8, 4) is 0 Å². The van der Waals surface area contributed by atoms with E-state index >= 15 is 0 Å². The number of hydrogen-bond donors (Lipinski definition) is 1. The van der Waals surface area contributed by atoms with Crippen LogP contribution in [0.25, 0.3) is 0 Å². The van der Waals surface area contributed by atoms with Crippen molar-refractivity contribution in [2.45, 2.75) is 32.9 Å². The minimum Gasteiger partial charge on any atom is -0.350 e. The van der Waals surface area contributed by atoms with Gasteiger partial charge in [0.05, 0.1) is 11.9 Å². The van der Waals surface area contributed by atoms with Crippen LogP contribution < -0.4 is 9.62 Å². The Kier molecular flexibility index (Phi) is 6.77. The molecule has 2 amide bonds. The summed E-state index contributed by atoms with van der Waals surface area (Å²) in [6.07, 6.45) is 2.59. The summed E-state index contributed by atoms with van der Waals surface area (Å²) in [5.41, 5.74) is 3.28. The van der Waals surface area contributed by atoms with Crippen LogP contribution in [-0.2, 0) is 32.7 Å². The molecule has 0 aromatic heterocycles. The van der Waals surface area contributed by atoms with Crippen LogP contribution in [0.15, 0.2) is 48.5 Å². The molecular formula is C22H27N3O4S. The fourth-order valence-corrected chi connectivity index (χ4v) is 4.35. The molecule has 0 bridgehead atoms. The summed E-state index contributed by atoms with van der Waals surface area (Å²) in [4.78, 5) is 26.1. The van der Waals surface area contributed by atoms with Crippen LogP contribution in [0.1, 0.15) is 29.5 Å². The summed E-state index contributed by atoms with van der Waals surface area (Å²) >= 11 is 0. The van der Waals surface area contributed by atoms with Crippen LogP contribution in [-0.4, -0.2) is 44.5 Å². The van der Waals surface area contributed by atoms with Crippen molar-refractivity contribution in [2.75, 3.05) is 23.7 Å². The fourth-order valence-electron chi connectivity index (χ4n) is 3.50. The smallest absolute Gasteiger partial charge is 0.241 e. The zero-order valence-corrected chi connectivity index (χ0v) is 18.1. The molecule has 0 atom stereocenters. The van der Waals surface area contributed by atoms with Crippen LogP contribution in [0.5, 0.6) is 0 Å². The highest BCUT2D eigenvalue weighted by atomic mass is 32.2. The van der Waals surface area contributed by atoms with E-state index in [1.54, 1.807) is 18.2 Å². The first-order valence-electron chi connectivity index (χ1n) is 9.89. The molecule has 0 radical (unpaired) electrons. The highest BCUT2D eigenvalue weighted by Gasteiger charge is 2.21. The number of carbonyl (C=O) groups is 2. The predicted octanol–water partition coefficient (Wildman–Crippen LogP) is 2.20. The number of nitrogens with one attached hydrogen (secondary N) is 1. The van der Waals surface area contributed by atoms with E-state index in [0.717, 1.165) is 40.2 Å². The lowest BCUT2D eigenvalue weighted by Gasteiger charge is -2.22. The second-order valence-corrected chi connectivity index (χ2v) is 9.53. The van der Waals surface area contributed by atoms with Crippen molar-refractivity contribution in [2.24, 2.45) is 0 Å². The molecule has 0 unspecified atom stereocenters. The van der Waals surface area contributed by atoms with E-state index < -0.39 is 10.0 Å². The van der Waals surface area contributed by atoms with Crippen LogP contribution in [0, 0.1) is 6.92 Å². The maximum atomic E-state index is 12.5. The summed E-state index contributed by atoms with van der Waals surface area (Å²) in [5.74, 6) is -0.215. The number of rotatable bonds is 8. The lowest BCUT2D eigenvalue weighted by atomic mass is 10.1. The molecule has 30 heavy (non-hydrogen) atoms. The highest BCUT2D eigenvalue weighted by molar-refractivity contribution is 7.92. The number of amides is 2. The standard InChI is InChI=1S/C22H27N3O4S/c1-17-6-3-9-20(12-17)25(30(2,28)29)16-21(26)23-14-18-7-4-8-19(13-18)15-24-11-5-10-22(24)27/h3-4,6-9,12-13H,5,10-11,14-16H2,1-2H3,(H,23,26). The third-order valence-corrected chi connectivity index (χ3v) is 6.14. The molecule has 0 aliphatic carbocycles. The minimum absolute atomic E-state index is 0.172. The summed E-state index contributed by atoms with van der Waals surface area (Å²) in [7, 11) is -3.60. The van der Waals surface area contributed by atoms with Gasteiger partial charge in [-0.05, 0) is 42.2 Å². The lowest BCUT2D eigenvalue weighted by Crippen LogP contribution is -2.40. The first kappa shape index (κ1) is 21.8. The number of aryl methyl sites for hydroxylation is 1. The molecule has 2 aromatic carbocycles. The van der Waals surface area contributed by atoms with E-state index in [1.165, 1.54) is 0 Å². The molecule has 1 aliphatic rings. The fraction of sp³-hybridized carbons (Fsp3) is 0.364.